The Bertz CT molecular complexity index is 723. The minimum absolute atomic E-state index is 0.283. The number of hydrazine groups is 1. The van der Waals surface area contributed by atoms with Crippen LogP contribution in [0.15, 0.2) is 29.6 Å². The maximum atomic E-state index is 12.1. The number of carbonyl (C=O) groups is 2. The quantitative estimate of drug-likeness (QED) is 0.820. The van der Waals surface area contributed by atoms with Gasteiger partial charge in [0.25, 0.3) is 11.8 Å². The van der Waals surface area contributed by atoms with Crippen molar-refractivity contribution in [2.24, 2.45) is 0 Å². The lowest BCUT2D eigenvalue weighted by atomic mass is 10.1. The second kappa shape index (κ2) is 7.41. The van der Waals surface area contributed by atoms with Crippen LogP contribution in [0.2, 0.25) is 0 Å². The van der Waals surface area contributed by atoms with Crippen LogP contribution in [0.1, 0.15) is 26.4 Å². The Kier molecular flexibility index (Phi) is 5.07. The fourth-order valence-electron chi connectivity index (χ4n) is 2.22. The molecule has 1 aromatic carbocycles. The summed E-state index contributed by atoms with van der Waals surface area (Å²) in [4.78, 5) is 30.5. The molecule has 7 nitrogen and oxygen atoms in total. The van der Waals surface area contributed by atoms with Crippen molar-refractivity contribution in [3.63, 3.8) is 0 Å². The van der Waals surface area contributed by atoms with E-state index in [0.717, 1.165) is 23.8 Å². The molecule has 2 amide bonds. The Morgan fingerprint density at radius 1 is 1.12 bits per heavy atom. The largest absolute Gasteiger partial charge is 0.378 e. The molecule has 1 fully saturated rings. The van der Waals surface area contributed by atoms with E-state index in [9.17, 15) is 9.59 Å². The number of rotatable bonds is 3. The molecule has 1 aromatic heterocycles. The summed E-state index contributed by atoms with van der Waals surface area (Å²) in [5.41, 5.74) is 6.62. The molecule has 0 saturated carbocycles. The number of aromatic nitrogens is 1. The first-order valence-electron chi connectivity index (χ1n) is 7.59. The summed E-state index contributed by atoms with van der Waals surface area (Å²) in [5.74, 6) is -0.807. The molecule has 0 bridgehead atoms. The van der Waals surface area contributed by atoms with E-state index in [1.54, 1.807) is 17.5 Å². The first-order valence-corrected chi connectivity index (χ1v) is 8.47. The first-order chi connectivity index (χ1) is 11.6. The molecule has 8 heteroatoms. The number of nitrogens with one attached hydrogen (secondary N) is 2. The number of benzene rings is 1. The molecule has 2 heterocycles. The third-order valence-electron chi connectivity index (χ3n) is 3.61. The molecule has 1 aliphatic heterocycles. The average Bonchev–Trinajstić information content (AvgIpc) is 3.11. The van der Waals surface area contributed by atoms with Gasteiger partial charge in [-0.05, 0) is 19.1 Å². The maximum Gasteiger partial charge on any atom is 0.289 e. The van der Waals surface area contributed by atoms with Crippen LogP contribution in [-0.2, 0) is 4.74 Å². The van der Waals surface area contributed by atoms with Gasteiger partial charge in [0.15, 0.2) is 5.13 Å². The van der Waals surface area contributed by atoms with Gasteiger partial charge >= 0.3 is 0 Å². The van der Waals surface area contributed by atoms with E-state index in [-0.39, 0.29) is 11.6 Å². The zero-order chi connectivity index (χ0) is 16.9. The number of carbonyl (C=O) groups excluding carboxylic acids is 2. The van der Waals surface area contributed by atoms with Gasteiger partial charge in [0, 0.05) is 24.0 Å². The van der Waals surface area contributed by atoms with Gasteiger partial charge in [0.2, 0.25) is 0 Å². The van der Waals surface area contributed by atoms with Gasteiger partial charge in [0.05, 0.1) is 13.2 Å². The highest BCUT2D eigenvalue weighted by Gasteiger charge is 2.17. The maximum absolute atomic E-state index is 12.1. The minimum atomic E-state index is -0.439. The summed E-state index contributed by atoms with van der Waals surface area (Å²) < 4.78 is 5.30. The highest BCUT2D eigenvalue weighted by Crippen LogP contribution is 2.21. The lowest BCUT2D eigenvalue weighted by Gasteiger charge is -2.25. The number of morpholine rings is 1. The number of aryl methyl sites for hydroxylation is 1. The second-order valence-electron chi connectivity index (χ2n) is 5.39. The second-order valence-corrected chi connectivity index (χ2v) is 6.23. The highest BCUT2D eigenvalue weighted by atomic mass is 32.1. The summed E-state index contributed by atoms with van der Waals surface area (Å²) in [5, 5.41) is 2.46. The normalized spacial score (nSPS) is 14.3. The van der Waals surface area contributed by atoms with Crippen LogP contribution < -0.4 is 15.8 Å². The predicted molar refractivity (Wildman–Crippen MR) is 91.3 cm³/mol. The molecular weight excluding hydrogens is 328 g/mol. The fraction of sp³-hybridized carbons (Fsp3) is 0.312. The molecular formula is C16H18N4O3S. The summed E-state index contributed by atoms with van der Waals surface area (Å²) in [6.45, 7) is 4.79. The zero-order valence-corrected chi connectivity index (χ0v) is 14.1. The summed E-state index contributed by atoms with van der Waals surface area (Å²) >= 11 is 1.40. The lowest BCUT2D eigenvalue weighted by Crippen LogP contribution is -2.41. The molecule has 3 rings (SSSR count). The van der Waals surface area contributed by atoms with Crippen molar-refractivity contribution >= 4 is 28.3 Å². The van der Waals surface area contributed by atoms with Gasteiger partial charge in [-0.3, -0.25) is 20.4 Å². The number of ether oxygens (including phenoxy) is 1. The molecule has 126 valence electrons. The number of thiazole rings is 1. The van der Waals surface area contributed by atoms with E-state index >= 15 is 0 Å². The van der Waals surface area contributed by atoms with Crippen molar-refractivity contribution in [2.75, 3.05) is 31.2 Å². The summed E-state index contributed by atoms with van der Waals surface area (Å²) in [6.07, 6.45) is 0. The molecule has 2 N–H and O–H groups in total. The Hall–Kier alpha value is -2.45. The van der Waals surface area contributed by atoms with Crippen LogP contribution in [0.3, 0.4) is 0 Å². The van der Waals surface area contributed by atoms with Crippen molar-refractivity contribution in [3.05, 3.63) is 46.5 Å². The Morgan fingerprint density at radius 2 is 1.79 bits per heavy atom. The number of hydrogen-bond donors (Lipinski definition) is 2. The third-order valence-corrected chi connectivity index (χ3v) is 4.51. The van der Waals surface area contributed by atoms with E-state index in [1.165, 1.54) is 11.3 Å². The SMILES string of the molecule is Cc1ccc(C(=O)NNC(=O)c2csc(N3CCOCC3)n2)cc1. The third kappa shape index (κ3) is 3.90. The van der Waals surface area contributed by atoms with Crippen LogP contribution in [0.25, 0.3) is 0 Å². The van der Waals surface area contributed by atoms with Gasteiger partial charge in [-0.1, -0.05) is 17.7 Å². The molecule has 0 aliphatic carbocycles. The number of hydrogen-bond acceptors (Lipinski definition) is 6. The topological polar surface area (TPSA) is 83.6 Å². The standard InChI is InChI=1S/C16H18N4O3S/c1-11-2-4-12(5-3-11)14(21)18-19-15(22)13-10-24-16(17-13)20-6-8-23-9-7-20/h2-5,10H,6-9H2,1H3,(H,18,21)(H,19,22). The molecule has 0 spiro atoms. The van der Waals surface area contributed by atoms with Gasteiger partial charge in [-0.25, -0.2) is 4.98 Å². The van der Waals surface area contributed by atoms with E-state index in [2.05, 4.69) is 20.7 Å². The van der Waals surface area contributed by atoms with E-state index in [4.69, 9.17) is 4.74 Å². The average molecular weight is 346 g/mol. The van der Waals surface area contributed by atoms with Gasteiger partial charge < -0.3 is 9.64 Å². The molecule has 0 radical (unpaired) electrons. The van der Waals surface area contributed by atoms with Gasteiger partial charge in [0.1, 0.15) is 5.69 Å². The fourth-order valence-corrected chi connectivity index (χ4v) is 3.08. The number of amides is 2. The molecule has 24 heavy (non-hydrogen) atoms. The minimum Gasteiger partial charge on any atom is -0.378 e. The van der Waals surface area contributed by atoms with Crippen molar-refractivity contribution in [3.8, 4) is 0 Å². The van der Waals surface area contributed by atoms with Crippen LogP contribution in [0.4, 0.5) is 5.13 Å². The van der Waals surface area contributed by atoms with Crippen LogP contribution >= 0.6 is 11.3 Å². The Morgan fingerprint density at radius 3 is 2.50 bits per heavy atom. The number of nitrogens with zero attached hydrogens (tertiary/aromatic N) is 2. The van der Waals surface area contributed by atoms with Crippen molar-refractivity contribution in [1.29, 1.82) is 0 Å². The number of anilines is 1. The summed E-state index contributed by atoms with van der Waals surface area (Å²) in [6, 6.07) is 7.09. The predicted octanol–water partition coefficient (Wildman–Crippen LogP) is 1.36. The highest BCUT2D eigenvalue weighted by molar-refractivity contribution is 7.13. The van der Waals surface area contributed by atoms with Crippen LogP contribution in [0, 0.1) is 6.92 Å². The Balaban J connectivity index is 1.56. The Labute approximate surface area is 143 Å². The lowest BCUT2D eigenvalue weighted by molar-refractivity contribution is 0.0844. The molecule has 2 aromatic rings. The van der Waals surface area contributed by atoms with Gasteiger partial charge in [-0.2, -0.15) is 0 Å². The van der Waals surface area contributed by atoms with Crippen LogP contribution in [0.5, 0.6) is 0 Å². The zero-order valence-electron chi connectivity index (χ0n) is 13.2. The van der Waals surface area contributed by atoms with Crippen molar-refractivity contribution < 1.29 is 14.3 Å². The molecule has 1 saturated heterocycles. The molecule has 0 atom stereocenters. The van der Waals surface area contributed by atoms with E-state index in [1.807, 2.05) is 19.1 Å². The van der Waals surface area contributed by atoms with E-state index < -0.39 is 5.91 Å². The monoisotopic (exact) mass is 346 g/mol. The first kappa shape index (κ1) is 16.4. The van der Waals surface area contributed by atoms with Gasteiger partial charge in [-0.15, -0.1) is 11.3 Å². The van der Waals surface area contributed by atoms with E-state index in [0.29, 0.717) is 18.8 Å². The van der Waals surface area contributed by atoms with Crippen molar-refractivity contribution in [1.82, 2.24) is 15.8 Å². The summed E-state index contributed by atoms with van der Waals surface area (Å²) in [7, 11) is 0. The van der Waals surface area contributed by atoms with Crippen LogP contribution in [-0.4, -0.2) is 43.1 Å². The smallest absolute Gasteiger partial charge is 0.289 e. The van der Waals surface area contributed by atoms with Crippen molar-refractivity contribution in [2.45, 2.75) is 6.92 Å². The molecule has 1 aliphatic rings. The molecule has 0 unspecified atom stereocenters.